The van der Waals surface area contributed by atoms with E-state index in [1.165, 1.54) is 18.7 Å². The Labute approximate surface area is 185 Å². The molecule has 11 heteroatoms. The third-order valence-corrected chi connectivity index (χ3v) is 4.98. The Morgan fingerprint density at radius 2 is 1.77 bits per heavy atom. The SMILES string of the molecule is CN(C)CCCN1OC(=O)C(=O)OC(C)(C)N(CCOc2ccc(Cl)c(Cl)c2)C1=O. The molecule has 1 fully saturated rings. The van der Waals surface area contributed by atoms with Crippen LogP contribution in [0.2, 0.25) is 10.0 Å². The van der Waals surface area contributed by atoms with E-state index < -0.39 is 23.7 Å². The number of rotatable bonds is 8. The van der Waals surface area contributed by atoms with Crippen LogP contribution < -0.4 is 4.74 Å². The van der Waals surface area contributed by atoms with Gasteiger partial charge in [0.2, 0.25) is 0 Å². The molecular formula is C19H25Cl2N3O6. The summed E-state index contributed by atoms with van der Waals surface area (Å²) >= 11 is 11.9. The molecule has 1 aromatic rings. The number of amides is 2. The third-order valence-electron chi connectivity index (χ3n) is 4.24. The van der Waals surface area contributed by atoms with Gasteiger partial charge in [0.05, 0.1) is 23.1 Å². The molecule has 1 saturated heterocycles. The van der Waals surface area contributed by atoms with Gasteiger partial charge in [0.15, 0.2) is 5.72 Å². The van der Waals surface area contributed by atoms with Crippen molar-refractivity contribution < 1.29 is 28.7 Å². The van der Waals surface area contributed by atoms with E-state index in [2.05, 4.69) is 0 Å². The van der Waals surface area contributed by atoms with Gasteiger partial charge in [0, 0.05) is 6.07 Å². The maximum Gasteiger partial charge on any atom is 0.441 e. The Kier molecular flexibility index (Phi) is 8.17. The Bertz CT molecular complexity index is 802. The fourth-order valence-corrected chi connectivity index (χ4v) is 3.01. The minimum atomic E-state index is -1.39. The molecule has 1 heterocycles. The van der Waals surface area contributed by atoms with E-state index in [0.717, 1.165) is 5.06 Å². The second-order valence-electron chi connectivity index (χ2n) is 7.33. The molecule has 1 aliphatic heterocycles. The predicted molar refractivity (Wildman–Crippen MR) is 110 cm³/mol. The average Bonchev–Trinajstić information content (AvgIpc) is 2.65. The molecule has 2 rings (SSSR count). The number of hydrogen-bond donors (Lipinski definition) is 0. The normalized spacial score (nSPS) is 16.8. The van der Waals surface area contributed by atoms with E-state index in [-0.39, 0.29) is 19.7 Å². The summed E-state index contributed by atoms with van der Waals surface area (Å²) in [5.74, 6) is -1.96. The molecule has 0 N–H and O–H groups in total. The molecular weight excluding hydrogens is 437 g/mol. The lowest BCUT2D eigenvalue weighted by Gasteiger charge is -2.41. The Morgan fingerprint density at radius 1 is 1.07 bits per heavy atom. The number of urea groups is 1. The van der Waals surface area contributed by atoms with Gasteiger partial charge in [-0.2, -0.15) is 5.06 Å². The summed E-state index contributed by atoms with van der Waals surface area (Å²) in [6.45, 7) is 3.94. The van der Waals surface area contributed by atoms with E-state index in [9.17, 15) is 14.4 Å². The lowest BCUT2D eigenvalue weighted by Crippen LogP contribution is -2.59. The number of carbonyl (C=O) groups is 3. The molecule has 30 heavy (non-hydrogen) atoms. The van der Waals surface area contributed by atoms with E-state index in [1.54, 1.807) is 18.2 Å². The maximum absolute atomic E-state index is 13.1. The van der Waals surface area contributed by atoms with Gasteiger partial charge in [-0.3, -0.25) is 4.90 Å². The maximum atomic E-state index is 13.1. The summed E-state index contributed by atoms with van der Waals surface area (Å²) in [7, 11) is 3.77. The summed E-state index contributed by atoms with van der Waals surface area (Å²) in [6.07, 6.45) is 0.537. The van der Waals surface area contributed by atoms with Gasteiger partial charge >= 0.3 is 18.0 Å². The van der Waals surface area contributed by atoms with Crippen molar-refractivity contribution in [1.82, 2.24) is 14.9 Å². The van der Waals surface area contributed by atoms with Crippen molar-refractivity contribution in [3.8, 4) is 5.75 Å². The molecule has 1 aromatic carbocycles. The van der Waals surface area contributed by atoms with Crippen molar-refractivity contribution in [1.29, 1.82) is 0 Å². The molecule has 0 saturated carbocycles. The molecule has 0 aromatic heterocycles. The monoisotopic (exact) mass is 461 g/mol. The molecule has 2 amide bonds. The number of esters is 1. The van der Waals surface area contributed by atoms with Gasteiger partial charge in [0.25, 0.3) is 0 Å². The highest BCUT2D eigenvalue weighted by Crippen LogP contribution is 2.27. The van der Waals surface area contributed by atoms with Crippen LogP contribution in [0.25, 0.3) is 0 Å². The zero-order valence-corrected chi connectivity index (χ0v) is 18.8. The topological polar surface area (TPSA) is 88.6 Å². The Balaban J connectivity index is 2.13. The quantitative estimate of drug-likeness (QED) is 0.434. The first-order valence-corrected chi connectivity index (χ1v) is 10.0. The minimum absolute atomic E-state index is 0.0566. The fraction of sp³-hybridized carbons (Fsp3) is 0.526. The minimum Gasteiger partial charge on any atom is -0.492 e. The van der Waals surface area contributed by atoms with Gasteiger partial charge < -0.3 is 19.2 Å². The number of cyclic esters (lactones) is 1. The molecule has 1 aliphatic rings. The second-order valence-corrected chi connectivity index (χ2v) is 8.15. The van der Waals surface area contributed by atoms with Crippen molar-refractivity contribution in [3.63, 3.8) is 0 Å². The number of benzene rings is 1. The summed E-state index contributed by atoms with van der Waals surface area (Å²) in [5.41, 5.74) is -1.39. The van der Waals surface area contributed by atoms with Gasteiger partial charge in [-0.1, -0.05) is 23.2 Å². The first kappa shape index (κ1) is 24.0. The molecule has 0 radical (unpaired) electrons. The van der Waals surface area contributed by atoms with E-state index in [4.69, 9.17) is 37.5 Å². The molecule has 0 bridgehead atoms. The first-order valence-electron chi connectivity index (χ1n) is 9.28. The zero-order chi connectivity index (χ0) is 22.5. The van der Waals surface area contributed by atoms with E-state index in [0.29, 0.717) is 28.8 Å². The third kappa shape index (κ3) is 6.38. The van der Waals surface area contributed by atoms with Crippen LogP contribution in [0, 0.1) is 0 Å². The summed E-state index contributed by atoms with van der Waals surface area (Å²) in [4.78, 5) is 45.1. The largest absolute Gasteiger partial charge is 0.492 e. The van der Waals surface area contributed by atoms with Gasteiger partial charge in [-0.05, 0) is 53.0 Å². The predicted octanol–water partition coefficient (Wildman–Crippen LogP) is 2.80. The summed E-state index contributed by atoms with van der Waals surface area (Å²) < 4.78 is 10.8. The van der Waals surface area contributed by atoms with Crippen LogP contribution in [0.1, 0.15) is 20.3 Å². The van der Waals surface area contributed by atoms with Crippen LogP contribution >= 0.6 is 23.2 Å². The van der Waals surface area contributed by atoms with E-state index >= 15 is 0 Å². The number of carbonyl (C=O) groups excluding carboxylic acids is 3. The number of halogens is 2. The highest BCUT2D eigenvalue weighted by atomic mass is 35.5. The van der Waals surface area contributed by atoms with Crippen molar-refractivity contribution in [2.75, 3.05) is 40.3 Å². The summed E-state index contributed by atoms with van der Waals surface area (Å²) in [6, 6.07) is 4.18. The average molecular weight is 462 g/mol. The standard InChI is InChI=1S/C19H25Cl2N3O6/c1-19(2)23(10-11-28-13-6-7-14(20)15(21)12-13)18(27)24(9-5-8-22(3)4)30-17(26)16(25)29-19/h6-7,12H,5,8-11H2,1-4H3. The molecule has 9 nitrogen and oxygen atoms in total. The molecule has 166 valence electrons. The summed E-state index contributed by atoms with van der Waals surface area (Å²) in [5, 5.41) is 1.61. The van der Waals surface area contributed by atoms with Crippen LogP contribution in [0.4, 0.5) is 4.79 Å². The van der Waals surface area contributed by atoms with Crippen LogP contribution in [0.15, 0.2) is 18.2 Å². The van der Waals surface area contributed by atoms with Crippen LogP contribution in [0.5, 0.6) is 5.75 Å². The smallest absolute Gasteiger partial charge is 0.441 e. The lowest BCUT2D eigenvalue weighted by molar-refractivity contribution is -0.216. The van der Waals surface area contributed by atoms with Crippen molar-refractivity contribution in [2.24, 2.45) is 0 Å². The van der Waals surface area contributed by atoms with Gasteiger partial charge in [-0.15, -0.1) is 0 Å². The Hall–Kier alpha value is -2.23. The first-order chi connectivity index (χ1) is 14.0. The highest BCUT2D eigenvalue weighted by molar-refractivity contribution is 6.42. The molecule has 0 unspecified atom stereocenters. The van der Waals surface area contributed by atoms with Crippen molar-refractivity contribution in [2.45, 2.75) is 26.0 Å². The zero-order valence-electron chi connectivity index (χ0n) is 17.3. The molecule has 0 spiro atoms. The lowest BCUT2D eigenvalue weighted by atomic mass is 10.2. The Morgan fingerprint density at radius 3 is 2.40 bits per heavy atom. The number of nitrogens with zero attached hydrogens (tertiary/aromatic N) is 3. The van der Waals surface area contributed by atoms with Crippen LogP contribution in [-0.2, 0) is 19.2 Å². The number of ether oxygens (including phenoxy) is 2. The van der Waals surface area contributed by atoms with Gasteiger partial charge in [0.1, 0.15) is 12.4 Å². The van der Waals surface area contributed by atoms with E-state index in [1.807, 2.05) is 19.0 Å². The molecule has 0 atom stereocenters. The number of hydroxylamine groups is 2. The van der Waals surface area contributed by atoms with Crippen molar-refractivity contribution in [3.05, 3.63) is 28.2 Å². The van der Waals surface area contributed by atoms with Gasteiger partial charge in [-0.25, -0.2) is 14.4 Å². The fourth-order valence-electron chi connectivity index (χ4n) is 2.72. The highest BCUT2D eigenvalue weighted by Gasteiger charge is 2.43. The number of hydrogen-bond acceptors (Lipinski definition) is 7. The second kappa shape index (κ2) is 10.2. The molecule has 0 aliphatic carbocycles. The van der Waals surface area contributed by atoms with Crippen molar-refractivity contribution >= 4 is 41.2 Å². The van der Waals surface area contributed by atoms with Crippen LogP contribution in [-0.4, -0.2) is 78.9 Å². The van der Waals surface area contributed by atoms with Crippen LogP contribution in [0.3, 0.4) is 0 Å².